The molecule has 0 amide bonds. The van der Waals surface area contributed by atoms with Crippen LogP contribution in [0.5, 0.6) is 0 Å². The van der Waals surface area contributed by atoms with Crippen LogP contribution in [0, 0.1) is 11.8 Å². The van der Waals surface area contributed by atoms with Gasteiger partial charge in [0, 0.05) is 6.92 Å². The maximum absolute atomic E-state index is 10.5. The minimum Gasteiger partial charge on any atom is -0.466 e. The lowest BCUT2D eigenvalue weighted by atomic mass is 9.94. The maximum atomic E-state index is 10.5. The highest BCUT2D eigenvalue weighted by Gasteiger charge is 2.05. The Hall–Kier alpha value is -0.530. The molecule has 0 aromatic heterocycles. The molecule has 0 aliphatic heterocycles. The summed E-state index contributed by atoms with van der Waals surface area (Å²) < 4.78 is 4.90. The lowest BCUT2D eigenvalue weighted by molar-refractivity contribution is -0.141. The summed E-state index contributed by atoms with van der Waals surface area (Å²) in [4.78, 5) is 10.5. The van der Waals surface area contributed by atoms with Gasteiger partial charge in [-0.25, -0.2) is 0 Å². The molecule has 0 N–H and O–H groups in total. The van der Waals surface area contributed by atoms with E-state index in [0.29, 0.717) is 6.61 Å². The summed E-state index contributed by atoms with van der Waals surface area (Å²) in [6, 6.07) is 0. The zero-order chi connectivity index (χ0) is 11.7. The molecule has 0 aliphatic carbocycles. The SMILES string of the molecule is CCC(C)CCC(C)CCCOC(C)=O. The number of carbonyl (C=O) groups is 1. The van der Waals surface area contributed by atoms with Crippen molar-refractivity contribution < 1.29 is 9.53 Å². The van der Waals surface area contributed by atoms with Gasteiger partial charge in [0.1, 0.15) is 0 Å². The van der Waals surface area contributed by atoms with E-state index in [9.17, 15) is 4.79 Å². The van der Waals surface area contributed by atoms with Crippen LogP contribution in [0.25, 0.3) is 0 Å². The quantitative estimate of drug-likeness (QED) is 0.454. The van der Waals surface area contributed by atoms with E-state index in [-0.39, 0.29) is 5.97 Å². The molecule has 0 aliphatic rings. The van der Waals surface area contributed by atoms with Crippen LogP contribution in [-0.4, -0.2) is 12.6 Å². The second-order valence-corrected chi connectivity index (χ2v) is 4.68. The first-order chi connectivity index (χ1) is 7.06. The van der Waals surface area contributed by atoms with Crippen molar-refractivity contribution in [3.05, 3.63) is 0 Å². The Kier molecular flexibility index (Phi) is 8.44. The van der Waals surface area contributed by atoms with Crippen LogP contribution >= 0.6 is 0 Å². The van der Waals surface area contributed by atoms with Crippen molar-refractivity contribution in [1.29, 1.82) is 0 Å². The van der Waals surface area contributed by atoms with Gasteiger partial charge in [0.25, 0.3) is 0 Å². The first-order valence-electron chi connectivity index (χ1n) is 6.19. The summed E-state index contributed by atoms with van der Waals surface area (Å²) in [6.45, 7) is 8.90. The average Bonchev–Trinajstić information content (AvgIpc) is 2.20. The molecule has 90 valence electrons. The average molecular weight is 214 g/mol. The molecular weight excluding hydrogens is 188 g/mol. The van der Waals surface area contributed by atoms with Gasteiger partial charge < -0.3 is 4.74 Å². The molecule has 2 atom stereocenters. The summed E-state index contributed by atoms with van der Waals surface area (Å²) in [5.41, 5.74) is 0. The molecule has 0 heterocycles. The summed E-state index contributed by atoms with van der Waals surface area (Å²) in [7, 11) is 0. The number of hydrogen-bond donors (Lipinski definition) is 0. The minimum atomic E-state index is -0.165. The summed E-state index contributed by atoms with van der Waals surface area (Å²) in [5, 5.41) is 0. The number of hydrogen-bond acceptors (Lipinski definition) is 2. The third-order valence-electron chi connectivity index (χ3n) is 3.00. The molecule has 0 saturated heterocycles. The Bertz CT molecular complexity index is 166. The zero-order valence-electron chi connectivity index (χ0n) is 10.7. The fourth-order valence-electron chi connectivity index (χ4n) is 1.57. The smallest absolute Gasteiger partial charge is 0.302 e. The van der Waals surface area contributed by atoms with Crippen molar-refractivity contribution in [3.63, 3.8) is 0 Å². The van der Waals surface area contributed by atoms with Crippen LogP contribution < -0.4 is 0 Å². The highest BCUT2D eigenvalue weighted by Crippen LogP contribution is 2.18. The van der Waals surface area contributed by atoms with Gasteiger partial charge in [-0.05, 0) is 24.7 Å². The van der Waals surface area contributed by atoms with E-state index in [0.717, 1.165) is 18.3 Å². The molecule has 0 aromatic rings. The number of rotatable bonds is 8. The predicted molar refractivity (Wildman–Crippen MR) is 63.7 cm³/mol. The lowest BCUT2D eigenvalue weighted by Gasteiger charge is -2.14. The molecule has 15 heavy (non-hydrogen) atoms. The van der Waals surface area contributed by atoms with Crippen LogP contribution in [0.2, 0.25) is 0 Å². The predicted octanol–water partition coefficient (Wildman–Crippen LogP) is 3.79. The molecule has 2 heteroatoms. The standard InChI is InChI=1S/C13H26O2/c1-5-11(2)8-9-12(3)7-6-10-15-13(4)14/h11-12H,5-10H2,1-4H3. The Balaban J connectivity index is 3.33. The van der Waals surface area contributed by atoms with Gasteiger partial charge in [-0.2, -0.15) is 0 Å². The van der Waals surface area contributed by atoms with Crippen molar-refractivity contribution in [2.45, 2.75) is 59.8 Å². The fourth-order valence-corrected chi connectivity index (χ4v) is 1.57. The fraction of sp³-hybridized carbons (Fsp3) is 0.923. The normalized spacial score (nSPS) is 14.7. The Morgan fingerprint density at radius 3 is 2.27 bits per heavy atom. The highest BCUT2D eigenvalue weighted by molar-refractivity contribution is 5.65. The monoisotopic (exact) mass is 214 g/mol. The number of ether oxygens (including phenoxy) is 1. The lowest BCUT2D eigenvalue weighted by Crippen LogP contribution is -2.04. The molecule has 0 fully saturated rings. The third kappa shape index (κ3) is 9.77. The van der Waals surface area contributed by atoms with E-state index in [4.69, 9.17) is 4.74 Å². The van der Waals surface area contributed by atoms with Crippen molar-refractivity contribution in [1.82, 2.24) is 0 Å². The van der Waals surface area contributed by atoms with Gasteiger partial charge in [0.05, 0.1) is 6.61 Å². The van der Waals surface area contributed by atoms with Crippen LogP contribution in [0.3, 0.4) is 0 Å². The molecule has 0 bridgehead atoms. The number of esters is 1. The zero-order valence-corrected chi connectivity index (χ0v) is 10.7. The molecule has 0 spiro atoms. The van der Waals surface area contributed by atoms with E-state index in [1.54, 1.807) is 0 Å². The van der Waals surface area contributed by atoms with E-state index in [2.05, 4.69) is 20.8 Å². The topological polar surface area (TPSA) is 26.3 Å². The maximum Gasteiger partial charge on any atom is 0.302 e. The first-order valence-corrected chi connectivity index (χ1v) is 6.19. The van der Waals surface area contributed by atoms with E-state index >= 15 is 0 Å². The van der Waals surface area contributed by atoms with Crippen LogP contribution in [-0.2, 0) is 9.53 Å². The van der Waals surface area contributed by atoms with Gasteiger partial charge in [-0.3, -0.25) is 4.79 Å². The molecule has 0 rings (SSSR count). The summed E-state index contributed by atoms with van der Waals surface area (Å²) >= 11 is 0. The van der Waals surface area contributed by atoms with Crippen molar-refractivity contribution in [2.75, 3.05) is 6.61 Å². The van der Waals surface area contributed by atoms with Crippen LogP contribution in [0.4, 0.5) is 0 Å². The van der Waals surface area contributed by atoms with Crippen molar-refractivity contribution >= 4 is 5.97 Å². The Labute approximate surface area is 94.4 Å². The summed E-state index contributed by atoms with van der Waals surface area (Å²) in [6.07, 6.45) is 6.07. The van der Waals surface area contributed by atoms with Crippen LogP contribution in [0.15, 0.2) is 0 Å². The molecule has 2 nitrogen and oxygen atoms in total. The van der Waals surface area contributed by atoms with E-state index < -0.39 is 0 Å². The number of carbonyl (C=O) groups excluding carboxylic acids is 1. The van der Waals surface area contributed by atoms with Crippen molar-refractivity contribution in [2.24, 2.45) is 11.8 Å². The second kappa shape index (κ2) is 8.75. The van der Waals surface area contributed by atoms with Gasteiger partial charge in [-0.1, -0.05) is 40.0 Å². The van der Waals surface area contributed by atoms with Gasteiger partial charge in [0.15, 0.2) is 0 Å². The summed E-state index contributed by atoms with van der Waals surface area (Å²) in [5.74, 6) is 1.44. The van der Waals surface area contributed by atoms with E-state index in [1.807, 2.05) is 0 Å². The van der Waals surface area contributed by atoms with Gasteiger partial charge in [-0.15, -0.1) is 0 Å². The third-order valence-corrected chi connectivity index (χ3v) is 3.00. The largest absolute Gasteiger partial charge is 0.466 e. The highest BCUT2D eigenvalue weighted by atomic mass is 16.5. The Morgan fingerprint density at radius 2 is 1.73 bits per heavy atom. The van der Waals surface area contributed by atoms with E-state index in [1.165, 1.54) is 32.6 Å². The van der Waals surface area contributed by atoms with Gasteiger partial charge >= 0.3 is 5.97 Å². The molecule has 2 unspecified atom stereocenters. The molecule has 0 saturated carbocycles. The Morgan fingerprint density at radius 1 is 1.13 bits per heavy atom. The van der Waals surface area contributed by atoms with Crippen LogP contribution in [0.1, 0.15) is 59.8 Å². The minimum absolute atomic E-state index is 0.165. The molecule has 0 radical (unpaired) electrons. The first kappa shape index (κ1) is 14.5. The van der Waals surface area contributed by atoms with Crippen molar-refractivity contribution in [3.8, 4) is 0 Å². The van der Waals surface area contributed by atoms with Gasteiger partial charge in [0.2, 0.25) is 0 Å². The molecule has 0 aromatic carbocycles. The second-order valence-electron chi connectivity index (χ2n) is 4.68. The molecular formula is C13H26O2.